The standard InChI is InChI=1S/C14H9BrN2O2/c15-10-5-3-9(4-6-10)12-8-17-7-1-2-11(14(18)19)13(17)16-12/h1-8H,(H,18,19). The van der Waals surface area contributed by atoms with Gasteiger partial charge in [-0.3, -0.25) is 0 Å². The molecule has 5 heteroatoms. The third-order valence-electron chi connectivity index (χ3n) is 2.85. The number of benzene rings is 1. The van der Waals surface area contributed by atoms with Gasteiger partial charge in [0.1, 0.15) is 5.56 Å². The number of rotatable bonds is 2. The van der Waals surface area contributed by atoms with Crippen LogP contribution in [-0.2, 0) is 0 Å². The number of nitrogens with zero attached hydrogens (tertiary/aromatic N) is 2. The van der Waals surface area contributed by atoms with Crippen LogP contribution in [0, 0.1) is 0 Å². The average Bonchev–Trinajstić information content (AvgIpc) is 2.82. The van der Waals surface area contributed by atoms with Crippen molar-refractivity contribution in [2.45, 2.75) is 0 Å². The highest BCUT2D eigenvalue weighted by Gasteiger charge is 2.12. The highest BCUT2D eigenvalue weighted by molar-refractivity contribution is 9.10. The quantitative estimate of drug-likeness (QED) is 0.787. The molecule has 0 saturated heterocycles. The normalized spacial score (nSPS) is 10.8. The number of carboxylic acid groups (broad SMARTS) is 1. The molecule has 4 nitrogen and oxygen atoms in total. The molecule has 0 radical (unpaired) electrons. The minimum atomic E-state index is -0.974. The van der Waals surface area contributed by atoms with Crippen LogP contribution in [0.2, 0.25) is 0 Å². The van der Waals surface area contributed by atoms with Gasteiger partial charge in [0.15, 0.2) is 5.65 Å². The van der Waals surface area contributed by atoms with Crippen LogP contribution in [0.4, 0.5) is 0 Å². The summed E-state index contributed by atoms with van der Waals surface area (Å²) in [5.41, 5.74) is 2.35. The maximum atomic E-state index is 11.1. The number of aromatic carboxylic acids is 1. The van der Waals surface area contributed by atoms with E-state index in [9.17, 15) is 4.79 Å². The molecular formula is C14H9BrN2O2. The average molecular weight is 317 g/mol. The molecule has 0 aliphatic rings. The lowest BCUT2D eigenvalue weighted by Crippen LogP contribution is -1.99. The molecule has 0 amide bonds. The zero-order chi connectivity index (χ0) is 13.4. The Morgan fingerprint density at radius 1 is 1.21 bits per heavy atom. The molecule has 0 unspecified atom stereocenters. The fourth-order valence-electron chi connectivity index (χ4n) is 1.94. The topological polar surface area (TPSA) is 54.6 Å². The zero-order valence-corrected chi connectivity index (χ0v) is 11.3. The summed E-state index contributed by atoms with van der Waals surface area (Å²) in [6, 6.07) is 11.0. The number of carboxylic acids is 1. The van der Waals surface area contributed by atoms with Gasteiger partial charge in [0.05, 0.1) is 5.69 Å². The summed E-state index contributed by atoms with van der Waals surface area (Å²) >= 11 is 3.38. The molecule has 3 aromatic rings. The van der Waals surface area contributed by atoms with Crippen molar-refractivity contribution in [3.8, 4) is 11.3 Å². The van der Waals surface area contributed by atoms with Crippen LogP contribution >= 0.6 is 15.9 Å². The Hall–Kier alpha value is -2.14. The second-order valence-electron chi connectivity index (χ2n) is 4.09. The van der Waals surface area contributed by atoms with Gasteiger partial charge in [-0.15, -0.1) is 0 Å². The number of pyridine rings is 1. The van der Waals surface area contributed by atoms with E-state index in [0.29, 0.717) is 5.65 Å². The lowest BCUT2D eigenvalue weighted by molar-refractivity contribution is 0.0698. The lowest BCUT2D eigenvalue weighted by Gasteiger charge is -1.96. The van der Waals surface area contributed by atoms with Gasteiger partial charge in [-0.05, 0) is 24.3 Å². The minimum Gasteiger partial charge on any atom is -0.478 e. The second-order valence-corrected chi connectivity index (χ2v) is 5.01. The SMILES string of the molecule is O=C(O)c1cccn2cc(-c3ccc(Br)cc3)nc12. The van der Waals surface area contributed by atoms with Gasteiger partial charge >= 0.3 is 5.97 Å². The van der Waals surface area contributed by atoms with Crippen molar-refractivity contribution in [3.05, 3.63) is 58.8 Å². The molecule has 2 heterocycles. The molecule has 0 saturated carbocycles. The molecule has 0 aliphatic heterocycles. The maximum absolute atomic E-state index is 11.1. The second kappa shape index (κ2) is 4.51. The molecule has 1 N–H and O–H groups in total. The van der Waals surface area contributed by atoms with Crippen molar-refractivity contribution in [2.24, 2.45) is 0 Å². The summed E-state index contributed by atoms with van der Waals surface area (Å²) in [5, 5.41) is 9.14. The van der Waals surface area contributed by atoms with E-state index in [2.05, 4.69) is 20.9 Å². The first-order valence-corrected chi connectivity index (χ1v) is 6.41. The molecule has 94 valence electrons. The Bertz CT molecular complexity index is 763. The largest absolute Gasteiger partial charge is 0.478 e. The van der Waals surface area contributed by atoms with Crippen molar-refractivity contribution >= 4 is 27.5 Å². The number of hydrogen-bond donors (Lipinski definition) is 1. The predicted octanol–water partition coefficient (Wildman–Crippen LogP) is 3.46. The summed E-state index contributed by atoms with van der Waals surface area (Å²) in [6.07, 6.45) is 3.61. The van der Waals surface area contributed by atoms with Crippen LogP contribution in [-0.4, -0.2) is 20.5 Å². The number of fused-ring (bicyclic) bond motifs is 1. The van der Waals surface area contributed by atoms with Crippen LogP contribution in [0.15, 0.2) is 53.3 Å². The van der Waals surface area contributed by atoms with E-state index in [1.807, 2.05) is 30.5 Å². The number of hydrogen-bond acceptors (Lipinski definition) is 2. The van der Waals surface area contributed by atoms with E-state index in [-0.39, 0.29) is 5.56 Å². The molecular weight excluding hydrogens is 308 g/mol. The third kappa shape index (κ3) is 2.13. The number of aromatic nitrogens is 2. The number of imidazole rings is 1. The Kier molecular flexibility index (Phi) is 2.83. The Labute approximate surface area is 117 Å². The number of halogens is 1. The van der Waals surface area contributed by atoms with Gasteiger partial charge < -0.3 is 9.51 Å². The first-order chi connectivity index (χ1) is 9.15. The van der Waals surface area contributed by atoms with Crippen LogP contribution in [0.25, 0.3) is 16.9 Å². The van der Waals surface area contributed by atoms with Crippen molar-refractivity contribution in [1.29, 1.82) is 0 Å². The van der Waals surface area contributed by atoms with E-state index in [1.165, 1.54) is 0 Å². The summed E-state index contributed by atoms with van der Waals surface area (Å²) in [6.45, 7) is 0. The van der Waals surface area contributed by atoms with Crippen LogP contribution in [0.3, 0.4) is 0 Å². The minimum absolute atomic E-state index is 0.200. The lowest BCUT2D eigenvalue weighted by atomic mass is 10.2. The highest BCUT2D eigenvalue weighted by atomic mass is 79.9. The van der Waals surface area contributed by atoms with Gasteiger partial charge in [0, 0.05) is 22.4 Å². The molecule has 2 aromatic heterocycles. The summed E-state index contributed by atoms with van der Waals surface area (Å²) in [7, 11) is 0. The van der Waals surface area contributed by atoms with E-state index < -0.39 is 5.97 Å². The van der Waals surface area contributed by atoms with Gasteiger partial charge in [0.25, 0.3) is 0 Å². The van der Waals surface area contributed by atoms with E-state index >= 15 is 0 Å². The van der Waals surface area contributed by atoms with Gasteiger partial charge in [-0.25, -0.2) is 9.78 Å². The van der Waals surface area contributed by atoms with E-state index in [1.54, 1.807) is 22.7 Å². The summed E-state index contributed by atoms with van der Waals surface area (Å²) in [5.74, 6) is -0.974. The van der Waals surface area contributed by atoms with Gasteiger partial charge in [-0.2, -0.15) is 0 Å². The fraction of sp³-hybridized carbons (Fsp3) is 0. The molecule has 1 aromatic carbocycles. The smallest absolute Gasteiger partial charge is 0.339 e. The maximum Gasteiger partial charge on any atom is 0.339 e. The van der Waals surface area contributed by atoms with Crippen molar-refractivity contribution in [1.82, 2.24) is 9.38 Å². The molecule has 0 spiro atoms. The molecule has 3 rings (SSSR count). The zero-order valence-electron chi connectivity index (χ0n) is 9.75. The first kappa shape index (κ1) is 11.9. The Morgan fingerprint density at radius 3 is 2.63 bits per heavy atom. The Balaban J connectivity index is 2.19. The predicted molar refractivity (Wildman–Crippen MR) is 75.3 cm³/mol. The molecule has 0 fully saturated rings. The van der Waals surface area contributed by atoms with Crippen molar-refractivity contribution in [2.75, 3.05) is 0 Å². The monoisotopic (exact) mass is 316 g/mol. The van der Waals surface area contributed by atoms with E-state index in [0.717, 1.165) is 15.7 Å². The molecule has 0 atom stereocenters. The molecule has 19 heavy (non-hydrogen) atoms. The van der Waals surface area contributed by atoms with Crippen molar-refractivity contribution < 1.29 is 9.90 Å². The third-order valence-corrected chi connectivity index (χ3v) is 3.38. The van der Waals surface area contributed by atoms with Crippen LogP contribution in [0.1, 0.15) is 10.4 Å². The van der Waals surface area contributed by atoms with Crippen LogP contribution in [0.5, 0.6) is 0 Å². The van der Waals surface area contributed by atoms with Gasteiger partial charge in [0.2, 0.25) is 0 Å². The van der Waals surface area contributed by atoms with Crippen molar-refractivity contribution in [3.63, 3.8) is 0 Å². The first-order valence-electron chi connectivity index (χ1n) is 5.62. The molecule has 0 aliphatic carbocycles. The summed E-state index contributed by atoms with van der Waals surface area (Å²) in [4.78, 5) is 15.5. The fourth-order valence-corrected chi connectivity index (χ4v) is 2.20. The van der Waals surface area contributed by atoms with Gasteiger partial charge in [-0.1, -0.05) is 28.1 Å². The van der Waals surface area contributed by atoms with E-state index in [4.69, 9.17) is 5.11 Å². The Morgan fingerprint density at radius 2 is 1.95 bits per heavy atom. The molecule has 0 bridgehead atoms. The summed E-state index contributed by atoms with van der Waals surface area (Å²) < 4.78 is 2.71. The highest BCUT2D eigenvalue weighted by Crippen LogP contribution is 2.22. The number of carbonyl (C=O) groups is 1. The van der Waals surface area contributed by atoms with Crippen LogP contribution < -0.4 is 0 Å².